The number of carboxylic acids is 1. The van der Waals surface area contributed by atoms with Crippen molar-refractivity contribution in [1.29, 1.82) is 0 Å². The van der Waals surface area contributed by atoms with Crippen LogP contribution < -0.4 is 10.1 Å². The summed E-state index contributed by atoms with van der Waals surface area (Å²) in [6, 6.07) is 7.52. The molecule has 0 radical (unpaired) electrons. The lowest BCUT2D eigenvalue weighted by Crippen LogP contribution is -2.26. The molecule has 0 aromatic heterocycles. The van der Waals surface area contributed by atoms with Gasteiger partial charge in [0.2, 0.25) is 5.91 Å². The number of nitrogens with one attached hydrogen (secondary N) is 1. The smallest absolute Gasteiger partial charge is 0.303 e. The van der Waals surface area contributed by atoms with Crippen molar-refractivity contribution in [3.8, 4) is 5.75 Å². The van der Waals surface area contributed by atoms with Crippen molar-refractivity contribution in [2.24, 2.45) is 0 Å². The number of rotatable bonds is 9. The van der Waals surface area contributed by atoms with Gasteiger partial charge in [-0.2, -0.15) is 0 Å². The summed E-state index contributed by atoms with van der Waals surface area (Å²) < 4.78 is 5.06. The molecule has 0 unspecified atom stereocenters. The highest BCUT2D eigenvalue weighted by Gasteiger charge is 2.03. The van der Waals surface area contributed by atoms with Crippen LogP contribution in [-0.4, -0.2) is 36.4 Å². The predicted molar refractivity (Wildman–Crippen MR) is 78.2 cm³/mol. The van der Waals surface area contributed by atoms with Gasteiger partial charge >= 0.3 is 5.97 Å². The molecule has 2 N–H and O–H groups in total. The number of hydrogen-bond acceptors (Lipinski definition) is 4. The minimum Gasteiger partial charge on any atom is -0.497 e. The molecular formula is C14H19NO4S. The minimum atomic E-state index is -0.800. The van der Waals surface area contributed by atoms with Crippen molar-refractivity contribution in [1.82, 2.24) is 5.32 Å². The number of methoxy groups -OCH3 is 1. The van der Waals surface area contributed by atoms with Crippen LogP contribution >= 0.6 is 11.8 Å². The number of unbranched alkanes of at least 4 members (excludes halogenated alkanes) is 1. The molecular weight excluding hydrogens is 278 g/mol. The summed E-state index contributed by atoms with van der Waals surface area (Å²) in [5.74, 6) is 0.301. The third kappa shape index (κ3) is 7.04. The quantitative estimate of drug-likeness (QED) is 0.539. The summed E-state index contributed by atoms with van der Waals surface area (Å²) in [6.07, 6.45) is 1.42. The van der Waals surface area contributed by atoms with Crippen molar-refractivity contribution >= 4 is 23.6 Å². The fourth-order valence-electron chi connectivity index (χ4n) is 1.50. The molecule has 0 heterocycles. The van der Waals surface area contributed by atoms with E-state index >= 15 is 0 Å². The largest absolute Gasteiger partial charge is 0.497 e. The maximum absolute atomic E-state index is 11.6. The summed E-state index contributed by atoms with van der Waals surface area (Å²) in [6.45, 7) is 0.523. The number of carboxylic acid groups (broad SMARTS) is 1. The molecule has 6 heteroatoms. The van der Waals surface area contributed by atoms with Crippen LogP contribution in [0.15, 0.2) is 29.2 Å². The van der Waals surface area contributed by atoms with Crippen molar-refractivity contribution in [3.63, 3.8) is 0 Å². The van der Waals surface area contributed by atoms with E-state index in [1.165, 1.54) is 11.8 Å². The van der Waals surface area contributed by atoms with Gasteiger partial charge < -0.3 is 15.2 Å². The Morgan fingerprint density at radius 3 is 2.55 bits per heavy atom. The third-order valence-corrected chi connectivity index (χ3v) is 3.58. The summed E-state index contributed by atoms with van der Waals surface area (Å²) in [4.78, 5) is 22.9. The lowest BCUT2D eigenvalue weighted by Gasteiger charge is -2.05. The van der Waals surface area contributed by atoms with Gasteiger partial charge in [0.05, 0.1) is 12.9 Å². The first kappa shape index (κ1) is 16.4. The monoisotopic (exact) mass is 297 g/mol. The Balaban J connectivity index is 2.14. The second kappa shape index (κ2) is 9.25. The molecule has 0 saturated carbocycles. The Bertz CT molecular complexity index is 433. The van der Waals surface area contributed by atoms with E-state index in [9.17, 15) is 9.59 Å². The molecule has 1 amide bonds. The number of thioether (sulfide) groups is 1. The van der Waals surface area contributed by atoms with Gasteiger partial charge in [0, 0.05) is 17.9 Å². The predicted octanol–water partition coefficient (Wildman–Crippen LogP) is 2.16. The van der Waals surface area contributed by atoms with Crippen LogP contribution in [0.5, 0.6) is 5.75 Å². The first-order chi connectivity index (χ1) is 9.61. The fourth-order valence-corrected chi connectivity index (χ4v) is 2.23. The second-order valence-electron chi connectivity index (χ2n) is 4.17. The maximum Gasteiger partial charge on any atom is 0.303 e. The zero-order valence-corrected chi connectivity index (χ0v) is 12.2. The Morgan fingerprint density at radius 2 is 1.95 bits per heavy atom. The highest BCUT2D eigenvalue weighted by Crippen LogP contribution is 2.20. The lowest BCUT2D eigenvalue weighted by molar-refractivity contribution is -0.137. The highest BCUT2D eigenvalue weighted by molar-refractivity contribution is 8.00. The number of ether oxygens (including phenoxy) is 1. The normalized spacial score (nSPS) is 10.1. The van der Waals surface area contributed by atoms with Crippen LogP contribution in [0.25, 0.3) is 0 Å². The fraction of sp³-hybridized carbons (Fsp3) is 0.429. The number of carbonyl (C=O) groups excluding carboxylic acids is 1. The maximum atomic E-state index is 11.6. The molecule has 0 spiro atoms. The Hall–Kier alpha value is -1.69. The van der Waals surface area contributed by atoms with Crippen LogP contribution in [0, 0.1) is 0 Å². The number of aliphatic carboxylic acids is 1. The van der Waals surface area contributed by atoms with Gasteiger partial charge in [-0.25, -0.2) is 0 Å². The molecule has 0 aliphatic heterocycles. The minimum absolute atomic E-state index is 0.0406. The second-order valence-corrected chi connectivity index (χ2v) is 5.21. The summed E-state index contributed by atoms with van der Waals surface area (Å²) >= 11 is 1.45. The van der Waals surface area contributed by atoms with Gasteiger partial charge in [-0.3, -0.25) is 9.59 Å². The van der Waals surface area contributed by atoms with Crippen LogP contribution in [0.4, 0.5) is 0 Å². The number of amides is 1. The molecule has 0 atom stereocenters. The molecule has 1 aromatic carbocycles. The van der Waals surface area contributed by atoms with Gasteiger partial charge in [-0.05, 0) is 37.1 Å². The molecule has 0 bridgehead atoms. The van der Waals surface area contributed by atoms with E-state index in [1.54, 1.807) is 7.11 Å². The Kier molecular flexibility index (Phi) is 7.57. The molecule has 0 aliphatic rings. The van der Waals surface area contributed by atoms with E-state index < -0.39 is 5.97 Å². The van der Waals surface area contributed by atoms with E-state index in [1.807, 2.05) is 24.3 Å². The Morgan fingerprint density at radius 1 is 1.25 bits per heavy atom. The highest BCUT2D eigenvalue weighted by atomic mass is 32.2. The number of carbonyl (C=O) groups is 2. The molecule has 1 rings (SSSR count). The number of hydrogen-bond donors (Lipinski definition) is 2. The molecule has 110 valence electrons. The standard InChI is InChI=1S/C14H19NO4S/c1-19-11-5-7-12(8-6-11)20-10-13(16)15-9-3-2-4-14(17)18/h5-8H,2-4,9-10H2,1H3,(H,15,16)(H,17,18). The topological polar surface area (TPSA) is 75.6 Å². The summed E-state index contributed by atoms with van der Waals surface area (Å²) in [5.41, 5.74) is 0. The molecule has 0 fully saturated rings. The van der Waals surface area contributed by atoms with E-state index in [0.717, 1.165) is 10.6 Å². The van der Waals surface area contributed by atoms with Gasteiger partial charge in [-0.1, -0.05) is 0 Å². The molecule has 0 saturated heterocycles. The average molecular weight is 297 g/mol. The summed E-state index contributed by atoms with van der Waals surface area (Å²) in [5, 5.41) is 11.2. The van der Waals surface area contributed by atoms with Gasteiger partial charge in [0.1, 0.15) is 5.75 Å². The van der Waals surface area contributed by atoms with Gasteiger partial charge in [0.15, 0.2) is 0 Å². The molecule has 20 heavy (non-hydrogen) atoms. The van der Waals surface area contributed by atoms with Gasteiger partial charge in [0.25, 0.3) is 0 Å². The first-order valence-electron chi connectivity index (χ1n) is 6.37. The van der Waals surface area contributed by atoms with Crippen LogP contribution in [0.2, 0.25) is 0 Å². The lowest BCUT2D eigenvalue weighted by atomic mass is 10.2. The molecule has 1 aromatic rings. The third-order valence-electron chi connectivity index (χ3n) is 2.57. The molecule has 5 nitrogen and oxygen atoms in total. The van der Waals surface area contributed by atoms with Crippen molar-refractivity contribution in [2.45, 2.75) is 24.2 Å². The van der Waals surface area contributed by atoms with Crippen molar-refractivity contribution in [3.05, 3.63) is 24.3 Å². The van der Waals surface area contributed by atoms with E-state index in [2.05, 4.69) is 5.32 Å². The van der Waals surface area contributed by atoms with Crippen LogP contribution in [-0.2, 0) is 9.59 Å². The van der Waals surface area contributed by atoms with Crippen molar-refractivity contribution in [2.75, 3.05) is 19.4 Å². The first-order valence-corrected chi connectivity index (χ1v) is 7.35. The number of benzene rings is 1. The van der Waals surface area contributed by atoms with E-state index in [0.29, 0.717) is 25.1 Å². The Labute approximate surface area is 122 Å². The zero-order valence-electron chi connectivity index (χ0n) is 11.4. The van der Waals surface area contributed by atoms with Gasteiger partial charge in [-0.15, -0.1) is 11.8 Å². The van der Waals surface area contributed by atoms with Crippen LogP contribution in [0.1, 0.15) is 19.3 Å². The van der Waals surface area contributed by atoms with Crippen molar-refractivity contribution < 1.29 is 19.4 Å². The van der Waals surface area contributed by atoms with Crippen LogP contribution in [0.3, 0.4) is 0 Å². The SMILES string of the molecule is COc1ccc(SCC(=O)NCCCCC(=O)O)cc1. The zero-order chi connectivity index (χ0) is 14.8. The van der Waals surface area contributed by atoms with E-state index in [-0.39, 0.29) is 12.3 Å². The average Bonchev–Trinajstić information content (AvgIpc) is 2.45. The van der Waals surface area contributed by atoms with E-state index in [4.69, 9.17) is 9.84 Å². The molecule has 0 aliphatic carbocycles. The summed E-state index contributed by atoms with van der Waals surface area (Å²) in [7, 11) is 1.61.